The third-order valence-corrected chi connectivity index (χ3v) is 3.64. The largest absolute Gasteiger partial charge is 0.361 e. The van der Waals surface area contributed by atoms with Crippen molar-refractivity contribution < 1.29 is 9.32 Å². The van der Waals surface area contributed by atoms with E-state index in [0.29, 0.717) is 0 Å². The number of hydrogen-bond donors (Lipinski definition) is 0. The van der Waals surface area contributed by atoms with E-state index in [9.17, 15) is 4.79 Å². The number of likely N-dealkylation sites (tertiary alicyclic amines) is 1. The van der Waals surface area contributed by atoms with Crippen LogP contribution in [0.4, 0.5) is 0 Å². The van der Waals surface area contributed by atoms with E-state index in [4.69, 9.17) is 4.52 Å². The molecule has 2 rings (SSSR count). The van der Waals surface area contributed by atoms with E-state index in [1.807, 2.05) is 38.7 Å². The van der Waals surface area contributed by atoms with Crippen molar-refractivity contribution in [3.05, 3.63) is 17.5 Å². The van der Waals surface area contributed by atoms with E-state index in [2.05, 4.69) is 5.16 Å². The van der Waals surface area contributed by atoms with Gasteiger partial charge in [0.05, 0.1) is 6.04 Å². The van der Waals surface area contributed by atoms with Crippen molar-refractivity contribution in [2.45, 2.75) is 59.4 Å². The zero-order chi connectivity index (χ0) is 14.0. The quantitative estimate of drug-likeness (QED) is 0.780. The van der Waals surface area contributed by atoms with Crippen molar-refractivity contribution in [3.8, 4) is 0 Å². The molecule has 1 atom stereocenters. The average Bonchev–Trinajstić information content (AvgIpc) is 2.62. The van der Waals surface area contributed by atoms with E-state index in [1.54, 1.807) is 0 Å². The first-order chi connectivity index (χ1) is 8.89. The van der Waals surface area contributed by atoms with Gasteiger partial charge in [-0.2, -0.15) is 0 Å². The Bertz CT molecular complexity index is 445. The standard InChI is InChI=1S/C15H24N2O2/c1-11-10-12(16-19-11)13-8-6-5-7-9-17(13)14(18)15(2,3)4/h10,13H,5-9H2,1-4H3/t13-/m0/s1. The van der Waals surface area contributed by atoms with Gasteiger partial charge in [0.25, 0.3) is 0 Å². The van der Waals surface area contributed by atoms with Crippen molar-refractivity contribution in [1.82, 2.24) is 10.1 Å². The summed E-state index contributed by atoms with van der Waals surface area (Å²) in [5, 5.41) is 4.13. The van der Waals surface area contributed by atoms with Crippen LogP contribution in [0.1, 0.15) is 64.0 Å². The van der Waals surface area contributed by atoms with E-state index in [0.717, 1.165) is 37.3 Å². The van der Waals surface area contributed by atoms with Crippen molar-refractivity contribution >= 4 is 5.91 Å². The van der Waals surface area contributed by atoms with Crippen LogP contribution in [-0.2, 0) is 4.79 Å². The summed E-state index contributed by atoms with van der Waals surface area (Å²) in [5.41, 5.74) is 0.554. The second-order valence-corrected chi connectivity index (χ2v) is 6.48. The van der Waals surface area contributed by atoms with Gasteiger partial charge in [0.1, 0.15) is 11.5 Å². The summed E-state index contributed by atoms with van der Waals surface area (Å²) < 4.78 is 5.18. The lowest BCUT2D eigenvalue weighted by molar-refractivity contribution is -0.142. The molecule has 0 saturated carbocycles. The molecule has 1 aromatic rings. The van der Waals surface area contributed by atoms with Gasteiger partial charge in [0, 0.05) is 18.0 Å². The molecule has 1 amide bonds. The Morgan fingerprint density at radius 3 is 2.68 bits per heavy atom. The fraction of sp³-hybridized carbons (Fsp3) is 0.733. The highest BCUT2D eigenvalue weighted by Gasteiger charge is 2.34. The first-order valence-corrected chi connectivity index (χ1v) is 7.14. The Morgan fingerprint density at radius 1 is 1.37 bits per heavy atom. The summed E-state index contributed by atoms with van der Waals surface area (Å²) in [7, 11) is 0. The molecule has 0 radical (unpaired) electrons. The predicted octanol–water partition coefficient (Wildman–Crippen LogP) is 3.47. The van der Waals surface area contributed by atoms with Gasteiger partial charge in [-0.25, -0.2) is 0 Å². The number of aryl methyl sites for hydroxylation is 1. The lowest BCUT2D eigenvalue weighted by Crippen LogP contribution is -2.41. The Balaban J connectivity index is 2.28. The number of hydrogen-bond acceptors (Lipinski definition) is 3. The van der Waals surface area contributed by atoms with Gasteiger partial charge >= 0.3 is 0 Å². The fourth-order valence-corrected chi connectivity index (χ4v) is 2.63. The lowest BCUT2D eigenvalue weighted by atomic mass is 9.93. The zero-order valence-corrected chi connectivity index (χ0v) is 12.4. The predicted molar refractivity (Wildman–Crippen MR) is 73.6 cm³/mol. The van der Waals surface area contributed by atoms with Crippen LogP contribution in [0.25, 0.3) is 0 Å². The van der Waals surface area contributed by atoms with Gasteiger partial charge in [-0.3, -0.25) is 4.79 Å². The Morgan fingerprint density at radius 2 is 2.11 bits per heavy atom. The third kappa shape index (κ3) is 3.17. The summed E-state index contributed by atoms with van der Waals surface area (Å²) in [6, 6.07) is 2.03. The molecule has 1 aliphatic heterocycles. The van der Waals surface area contributed by atoms with Crippen LogP contribution in [0.15, 0.2) is 10.6 Å². The van der Waals surface area contributed by atoms with E-state index in [1.165, 1.54) is 6.42 Å². The van der Waals surface area contributed by atoms with Crippen LogP contribution in [0.5, 0.6) is 0 Å². The highest BCUT2D eigenvalue weighted by Crippen LogP contribution is 2.33. The monoisotopic (exact) mass is 264 g/mol. The molecule has 19 heavy (non-hydrogen) atoms. The molecule has 0 unspecified atom stereocenters. The van der Waals surface area contributed by atoms with Crippen LogP contribution >= 0.6 is 0 Å². The van der Waals surface area contributed by atoms with E-state index >= 15 is 0 Å². The summed E-state index contributed by atoms with van der Waals surface area (Å²) in [6.07, 6.45) is 4.38. The normalized spacial score (nSPS) is 21.3. The summed E-state index contributed by atoms with van der Waals surface area (Å²) in [5.74, 6) is 1.02. The summed E-state index contributed by atoms with van der Waals surface area (Å²) in [6.45, 7) is 8.65. The molecule has 0 spiro atoms. The van der Waals surface area contributed by atoms with Gasteiger partial charge in [-0.15, -0.1) is 0 Å². The first-order valence-electron chi connectivity index (χ1n) is 7.14. The number of nitrogens with zero attached hydrogens (tertiary/aromatic N) is 2. The molecule has 2 heterocycles. The third-order valence-electron chi connectivity index (χ3n) is 3.64. The summed E-state index contributed by atoms with van der Waals surface area (Å²) in [4.78, 5) is 14.6. The van der Waals surface area contributed by atoms with Gasteiger partial charge in [-0.1, -0.05) is 38.8 Å². The van der Waals surface area contributed by atoms with Crippen molar-refractivity contribution in [3.63, 3.8) is 0 Å². The SMILES string of the molecule is Cc1cc([C@@H]2CCCCCN2C(=O)C(C)(C)C)no1. The molecular formula is C15H24N2O2. The minimum Gasteiger partial charge on any atom is -0.361 e. The molecule has 1 fully saturated rings. The fourth-order valence-electron chi connectivity index (χ4n) is 2.63. The maximum atomic E-state index is 12.6. The van der Waals surface area contributed by atoms with Crippen LogP contribution in [0, 0.1) is 12.3 Å². The summed E-state index contributed by atoms with van der Waals surface area (Å²) >= 11 is 0. The van der Waals surface area contributed by atoms with Crippen molar-refractivity contribution in [2.75, 3.05) is 6.54 Å². The van der Waals surface area contributed by atoms with Crippen LogP contribution < -0.4 is 0 Å². The van der Waals surface area contributed by atoms with E-state index < -0.39 is 0 Å². The Hall–Kier alpha value is -1.32. The maximum Gasteiger partial charge on any atom is 0.228 e. The maximum absolute atomic E-state index is 12.6. The molecule has 4 nitrogen and oxygen atoms in total. The average molecular weight is 264 g/mol. The second-order valence-electron chi connectivity index (χ2n) is 6.48. The molecule has 0 aliphatic carbocycles. The number of carbonyl (C=O) groups excluding carboxylic acids is 1. The molecule has 106 valence electrons. The number of rotatable bonds is 1. The smallest absolute Gasteiger partial charge is 0.228 e. The molecule has 1 aliphatic rings. The number of amides is 1. The number of aromatic nitrogens is 1. The van der Waals surface area contributed by atoms with Gasteiger partial charge in [0.2, 0.25) is 5.91 Å². The number of carbonyl (C=O) groups is 1. The first kappa shape index (κ1) is 14.1. The molecule has 1 aromatic heterocycles. The van der Waals surface area contributed by atoms with Crippen LogP contribution in [-0.4, -0.2) is 22.5 Å². The minimum atomic E-state index is -0.346. The molecule has 4 heteroatoms. The minimum absolute atomic E-state index is 0.0756. The highest BCUT2D eigenvalue weighted by molar-refractivity contribution is 5.82. The second kappa shape index (κ2) is 5.35. The molecule has 0 bridgehead atoms. The van der Waals surface area contributed by atoms with Crippen LogP contribution in [0.3, 0.4) is 0 Å². The van der Waals surface area contributed by atoms with Crippen molar-refractivity contribution in [1.29, 1.82) is 0 Å². The Kier molecular flexibility index (Phi) is 3.97. The van der Waals surface area contributed by atoms with Crippen molar-refractivity contribution in [2.24, 2.45) is 5.41 Å². The van der Waals surface area contributed by atoms with Gasteiger partial charge in [0.15, 0.2) is 0 Å². The van der Waals surface area contributed by atoms with Gasteiger partial charge < -0.3 is 9.42 Å². The molecule has 1 saturated heterocycles. The lowest BCUT2D eigenvalue weighted by Gasteiger charge is -2.33. The zero-order valence-electron chi connectivity index (χ0n) is 12.4. The van der Waals surface area contributed by atoms with Crippen LogP contribution in [0.2, 0.25) is 0 Å². The van der Waals surface area contributed by atoms with E-state index in [-0.39, 0.29) is 17.4 Å². The van der Waals surface area contributed by atoms with Gasteiger partial charge in [-0.05, 0) is 19.8 Å². The molecule has 0 aromatic carbocycles. The topological polar surface area (TPSA) is 46.3 Å². The highest BCUT2D eigenvalue weighted by atomic mass is 16.5. The molecule has 0 N–H and O–H groups in total. The molecular weight excluding hydrogens is 240 g/mol. The Labute approximate surface area is 115 Å².